The third-order valence-corrected chi connectivity index (χ3v) is 7.31. The van der Waals surface area contributed by atoms with Gasteiger partial charge in [0.1, 0.15) is 5.82 Å². The van der Waals surface area contributed by atoms with Crippen molar-refractivity contribution in [3.63, 3.8) is 0 Å². The molecule has 11 nitrogen and oxygen atoms in total. The maximum absolute atomic E-state index is 13.7. The van der Waals surface area contributed by atoms with Gasteiger partial charge in [-0.15, -0.1) is 0 Å². The molecule has 0 aliphatic heterocycles. The van der Waals surface area contributed by atoms with E-state index < -0.39 is 27.7 Å². The molecule has 0 unspecified atom stereocenters. The molecule has 0 saturated heterocycles. The number of fused-ring (bicyclic) bond motifs is 3. The first-order valence-corrected chi connectivity index (χ1v) is 13.4. The highest BCUT2D eigenvalue weighted by Crippen LogP contribution is 2.32. The highest BCUT2D eigenvalue weighted by molar-refractivity contribution is 7.90. The predicted molar refractivity (Wildman–Crippen MR) is 142 cm³/mol. The number of alkyl halides is 3. The van der Waals surface area contributed by atoms with E-state index in [9.17, 15) is 26.4 Å². The molecule has 40 heavy (non-hydrogen) atoms. The number of nitrogens with two attached hydrogens (primary N) is 2. The molecule has 0 radical (unpaired) electrons. The molecule has 4 N–H and O–H groups in total. The van der Waals surface area contributed by atoms with Gasteiger partial charge in [-0.25, -0.2) is 23.4 Å². The first kappa shape index (κ1) is 26.8. The lowest BCUT2D eigenvalue weighted by Gasteiger charge is -2.25. The van der Waals surface area contributed by atoms with Gasteiger partial charge in [-0.1, -0.05) is 12.1 Å². The number of halogens is 3. The van der Waals surface area contributed by atoms with E-state index in [2.05, 4.69) is 20.1 Å². The molecule has 3 heterocycles. The molecule has 1 amide bonds. The summed E-state index contributed by atoms with van der Waals surface area (Å²) in [6.07, 6.45) is -0.766. The van der Waals surface area contributed by atoms with Crippen molar-refractivity contribution in [1.29, 1.82) is 0 Å². The minimum Gasteiger partial charge on any atom is -0.399 e. The number of amides is 1. The average Bonchev–Trinajstić information content (AvgIpc) is 3.28. The van der Waals surface area contributed by atoms with E-state index in [-0.39, 0.29) is 34.2 Å². The first-order valence-electron chi connectivity index (χ1n) is 11.5. The van der Waals surface area contributed by atoms with Gasteiger partial charge in [0, 0.05) is 36.8 Å². The van der Waals surface area contributed by atoms with Gasteiger partial charge in [0.15, 0.2) is 9.84 Å². The molecular formula is C25H21F3N8O3S. The van der Waals surface area contributed by atoms with Crippen molar-refractivity contribution in [2.45, 2.75) is 17.6 Å². The molecule has 2 aromatic carbocycles. The Labute approximate surface area is 225 Å². The molecule has 0 saturated carbocycles. The zero-order valence-electron chi connectivity index (χ0n) is 21.0. The summed E-state index contributed by atoms with van der Waals surface area (Å²) in [4.78, 5) is 25.5. The van der Waals surface area contributed by atoms with Gasteiger partial charge < -0.3 is 16.4 Å². The lowest BCUT2D eigenvalue weighted by molar-refractivity contribution is -0.145. The second-order valence-corrected chi connectivity index (χ2v) is 11.0. The molecule has 0 aliphatic rings. The summed E-state index contributed by atoms with van der Waals surface area (Å²) < 4.78 is 65.9. The van der Waals surface area contributed by atoms with E-state index in [0.717, 1.165) is 34.5 Å². The number of nitrogens with zero attached hydrogens (tertiary/aromatic N) is 6. The zero-order valence-corrected chi connectivity index (χ0v) is 21.8. The summed E-state index contributed by atoms with van der Waals surface area (Å²) in [5, 5.41) is 5.64. The smallest absolute Gasteiger partial charge is 0.399 e. The van der Waals surface area contributed by atoms with Gasteiger partial charge >= 0.3 is 6.18 Å². The third-order valence-electron chi connectivity index (χ3n) is 6.19. The Morgan fingerprint density at radius 3 is 2.38 bits per heavy atom. The minimum absolute atomic E-state index is 0.0312. The summed E-state index contributed by atoms with van der Waals surface area (Å²) in [5.41, 5.74) is 13.5. The van der Waals surface area contributed by atoms with Crippen LogP contribution in [0.3, 0.4) is 0 Å². The number of anilines is 3. The van der Waals surface area contributed by atoms with E-state index >= 15 is 0 Å². The number of hydrogen-bond donors (Lipinski definition) is 2. The average molecular weight is 571 g/mol. The molecule has 0 fully saturated rings. The Bertz CT molecular complexity index is 1910. The number of sulfone groups is 1. The fraction of sp³-hybridized carbons (Fsp3) is 0.160. The third kappa shape index (κ3) is 4.86. The van der Waals surface area contributed by atoms with E-state index in [4.69, 9.17) is 11.5 Å². The van der Waals surface area contributed by atoms with Crippen LogP contribution in [0.15, 0.2) is 59.9 Å². The SMILES string of the molecule is Cn1ncc2c(N)nc3cc(CN(C(=O)c4cnc(C(F)(F)F)nc4)c4ccc(N)cc4S(C)(=O)=O)ccc3c21. The van der Waals surface area contributed by atoms with Crippen LogP contribution in [0.4, 0.5) is 30.4 Å². The maximum atomic E-state index is 13.7. The Balaban J connectivity index is 1.64. The quantitative estimate of drug-likeness (QED) is 0.302. The van der Waals surface area contributed by atoms with E-state index in [1.54, 1.807) is 36.1 Å². The van der Waals surface area contributed by atoms with Gasteiger partial charge in [-0.2, -0.15) is 18.3 Å². The zero-order chi connectivity index (χ0) is 29.0. The fourth-order valence-corrected chi connectivity index (χ4v) is 5.25. The lowest BCUT2D eigenvalue weighted by atomic mass is 10.1. The van der Waals surface area contributed by atoms with E-state index in [0.29, 0.717) is 16.5 Å². The number of rotatable bonds is 5. The monoisotopic (exact) mass is 570 g/mol. The molecule has 0 spiro atoms. The summed E-state index contributed by atoms with van der Waals surface area (Å²) in [5.74, 6) is -2.00. The van der Waals surface area contributed by atoms with Crippen molar-refractivity contribution in [1.82, 2.24) is 24.7 Å². The van der Waals surface area contributed by atoms with Crippen LogP contribution in [0.25, 0.3) is 21.8 Å². The second kappa shape index (κ2) is 9.44. The van der Waals surface area contributed by atoms with Crippen molar-refractivity contribution < 1.29 is 26.4 Å². The van der Waals surface area contributed by atoms with Crippen LogP contribution in [-0.4, -0.2) is 45.3 Å². The highest BCUT2D eigenvalue weighted by atomic mass is 32.2. The molecule has 0 atom stereocenters. The standard InChI is InChI=1S/C25H21F3N8O3S/c1-35-21-16-5-3-13(7-18(16)34-22(30)17(21)11-33-35)12-36(19-6-4-15(29)8-20(19)40(2,38)39)23(37)14-9-31-24(32-10-14)25(26,27)28/h3-11H,12,29H2,1-2H3,(H2,30,34). The number of benzene rings is 2. The largest absolute Gasteiger partial charge is 0.451 e. The first-order chi connectivity index (χ1) is 18.7. The number of pyridine rings is 1. The van der Waals surface area contributed by atoms with Crippen molar-refractivity contribution in [3.05, 3.63) is 71.9 Å². The summed E-state index contributed by atoms with van der Waals surface area (Å²) in [6, 6.07) is 9.13. The molecule has 3 aromatic heterocycles. The predicted octanol–water partition coefficient (Wildman–Crippen LogP) is 3.35. The van der Waals surface area contributed by atoms with E-state index in [1.165, 1.54) is 18.2 Å². The summed E-state index contributed by atoms with van der Waals surface area (Å²) >= 11 is 0. The van der Waals surface area contributed by atoms with Crippen molar-refractivity contribution >= 4 is 54.7 Å². The fourth-order valence-electron chi connectivity index (χ4n) is 4.34. The van der Waals surface area contributed by atoms with Gasteiger partial charge in [-0.05, 0) is 29.8 Å². The Kier molecular flexibility index (Phi) is 6.33. The Morgan fingerprint density at radius 1 is 1.02 bits per heavy atom. The molecule has 5 aromatic rings. The molecule has 15 heteroatoms. The number of aryl methyl sites for hydroxylation is 1. The van der Waals surface area contributed by atoms with Gasteiger partial charge in [-0.3, -0.25) is 9.48 Å². The number of carbonyl (C=O) groups is 1. The Hall–Kier alpha value is -4.79. The van der Waals surface area contributed by atoms with Crippen LogP contribution in [0.5, 0.6) is 0 Å². The van der Waals surface area contributed by atoms with Crippen molar-refractivity contribution in [3.8, 4) is 0 Å². The van der Waals surface area contributed by atoms with Crippen LogP contribution in [0, 0.1) is 0 Å². The van der Waals surface area contributed by atoms with E-state index in [1.807, 2.05) is 0 Å². The number of carbonyl (C=O) groups excluding carboxylic acids is 1. The normalized spacial score (nSPS) is 12.2. The molecular weight excluding hydrogens is 549 g/mol. The van der Waals surface area contributed by atoms with Crippen LogP contribution >= 0.6 is 0 Å². The van der Waals surface area contributed by atoms with Gasteiger partial charge in [0.25, 0.3) is 5.91 Å². The maximum Gasteiger partial charge on any atom is 0.451 e. The summed E-state index contributed by atoms with van der Waals surface area (Å²) in [7, 11) is -2.13. The van der Waals surface area contributed by atoms with Crippen LogP contribution in [0.1, 0.15) is 21.7 Å². The second-order valence-electron chi connectivity index (χ2n) is 9.06. The topological polar surface area (TPSA) is 163 Å². The number of nitrogen functional groups attached to an aromatic ring is 2. The molecule has 206 valence electrons. The molecule has 0 aliphatic carbocycles. The minimum atomic E-state index is -4.80. The number of aromatic nitrogens is 5. The van der Waals surface area contributed by atoms with Crippen molar-refractivity contribution in [2.75, 3.05) is 22.6 Å². The van der Waals surface area contributed by atoms with Gasteiger partial charge in [0.05, 0.1) is 45.3 Å². The van der Waals surface area contributed by atoms with Crippen LogP contribution in [-0.2, 0) is 29.6 Å². The Morgan fingerprint density at radius 2 is 1.73 bits per heavy atom. The van der Waals surface area contributed by atoms with Crippen LogP contribution < -0.4 is 16.4 Å². The molecule has 0 bridgehead atoms. The van der Waals surface area contributed by atoms with Gasteiger partial charge in [0.2, 0.25) is 5.82 Å². The lowest BCUT2D eigenvalue weighted by Crippen LogP contribution is -2.32. The number of hydrogen-bond acceptors (Lipinski definition) is 9. The highest BCUT2D eigenvalue weighted by Gasteiger charge is 2.35. The van der Waals surface area contributed by atoms with Crippen LogP contribution in [0.2, 0.25) is 0 Å². The molecule has 5 rings (SSSR count). The summed E-state index contributed by atoms with van der Waals surface area (Å²) in [6.45, 7) is -0.187. The van der Waals surface area contributed by atoms with Crippen molar-refractivity contribution in [2.24, 2.45) is 7.05 Å².